The third-order valence-electron chi connectivity index (χ3n) is 2.76. The van der Waals surface area contributed by atoms with E-state index in [0.717, 1.165) is 13.0 Å². The highest BCUT2D eigenvalue weighted by atomic mass is 19.1. The van der Waals surface area contributed by atoms with Gasteiger partial charge in [0.1, 0.15) is 11.6 Å². The molecule has 5 heteroatoms. The van der Waals surface area contributed by atoms with Gasteiger partial charge in [-0.25, -0.2) is 4.39 Å². The second kappa shape index (κ2) is 7.74. The number of nitrogens with two attached hydrogens (primary N) is 1. The molecule has 0 saturated heterocycles. The summed E-state index contributed by atoms with van der Waals surface area (Å²) in [6, 6.07) is 4.69. The van der Waals surface area contributed by atoms with Crippen LogP contribution >= 0.6 is 0 Å². The molecule has 1 aromatic carbocycles. The largest absolute Gasteiger partial charge is 0.493 e. The predicted molar refractivity (Wildman–Crippen MR) is 72.4 cm³/mol. The lowest BCUT2D eigenvalue weighted by Crippen LogP contribution is -2.20. The van der Waals surface area contributed by atoms with Crippen molar-refractivity contribution in [3.05, 3.63) is 29.6 Å². The number of primary amides is 1. The minimum absolute atomic E-state index is 0.0420. The van der Waals surface area contributed by atoms with Gasteiger partial charge in [-0.05, 0) is 26.0 Å². The monoisotopic (exact) mass is 268 g/mol. The molecule has 0 spiro atoms. The van der Waals surface area contributed by atoms with Crippen LogP contribution in [0.1, 0.15) is 38.3 Å². The Kier molecular flexibility index (Phi) is 6.29. The minimum atomic E-state index is -0.436. The van der Waals surface area contributed by atoms with Gasteiger partial charge >= 0.3 is 0 Å². The molecular weight excluding hydrogens is 247 g/mol. The number of hydrogen-bond donors (Lipinski definition) is 2. The van der Waals surface area contributed by atoms with Gasteiger partial charge in [0.25, 0.3) is 0 Å². The topological polar surface area (TPSA) is 64.3 Å². The summed E-state index contributed by atoms with van der Waals surface area (Å²) in [6.07, 6.45) is 1.12. The van der Waals surface area contributed by atoms with Crippen LogP contribution in [0.3, 0.4) is 0 Å². The fourth-order valence-corrected chi connectivity index (χ4v) is 1.69. The van der Waals surface area contributed by atoms with E-state index >= 15 is 0 Å². The Labute approximate surface area is 113 Å². The van der Waals surface area contributed by atoms with Crippen molar-refractivity contribution in [1.29, 1.82) is 0 Å². The number of halogens is 1. The Morgan fingerprint density at radius 2 is 2.26 bits per heavy atom. The van der Waals surface area contributed by atoms with Crippen molar-refractivity contribution in [2.75, 3.05) is 13.2 Å². The molecule has 1 atom stereocenters. The number of hydrogen-bond acceptors (Lipinski definition) is 3. The summed E-state index contributed by atoms with van der Waals surface area (Å²) in [5, 5.41) is 3.22. The Hall–Kier alpha value is -1.62. The van der Waals surface area contributed by atoms with Crippen molar-refractivity contribution in [2.24, 2.45) is 5.73 Å². The number of carbonyl (C=O) groups excluding carboxylic acids is 1. The highest BCUT2D eigenvalue weighted by Crippen LogP contribution is 2.22. The van der Waals surface area contributed by atoms with E-state index in [-0.39, 0.29) is 24.9 Å². The smallest absolute Gasteiger partial charge is 0.220 e. The van der Waals surface area contributed by atoms with Gasteiger partial charge in [0, 0.05) is 17.7 Å². The lowest BCUT2D eigenvalue weighted by molar-refractivity contribution is -0.118. The molecule has 106 valence electrons. The van der Waals surface area contributed by atoms with Gasteiger partial charge in [-0.2, -0.15) is 0 Å². The molecule has 0 fully saturated rings. The first-order valence-corrected chi connectivity index (χ1v) is 6.48. The van der Waals surface area contributed by atoms with Gasteiger partial charge in [-0.3, -0.25) is 4.79 Å². The molecule has 4 nitrogen and oxygen atoms in total. The molecule has 19 heavy (non-hydrogen) atoms. The summed E-state index contributed by atoms with van der Waals surface area (Å²) >= 11 is 0. The maximum Gasteiger partial charge on any atom is 0.220 e. The quantitative estimate of drug-likeness (QED) is 0.759. The molecule has 3 N–H and O–H groups in total. The SMILES string of the molecule is CCCNC(C)c1ccc(OCCC(N)=O)cc1F. The maximum atomic E-state index is 13.9. The lowest BCUT2D eigenvalue weighted by Gasteiger charge is -2.15. The number of ether oxygens (including phenoxy) is 1. The summed E-state index contributed by atoms with van der Waals surface area (Å²) in [6.45, 7) is 4.99. The highest BCUT2D eigenvalue weighted by Gasteiger charge is 2.11. The third-order valence-corrected chi connectivity index (χ3v) is 2.76. The van der Waals surface area contributed by atoms with E-state index in [0.29, 0.717) is 11.3 Å². The fourth-order valence-electron chi connectivity index (χ4n) is 1.69. The number of benzene rings is 1. The molecule has 0 aromatic heterocycles. The van der Waals surface area contributed by atoms with E-state index < -0.39 is 5.91 Å². The molecule has 1 unspecified atom stereocenters. The molecule has 1 amide bonds. The average molecular weight is 268 g/mol. The molecule has 0 radical (unpaired) electrons. The van der Waals surface area contributed by atoms with Crippen LogP contribution in [0, 0.1) is 5.82 Å². The van der Waals surface area contributed by atoms with Crippen molar-refractivity contribution >= 4 is 5.91 Å². The first-order chi connectivity index (χ1) is 9.04. The molecule has 0 aliphatic heterocycles. The van der Waals surface area contributed by atoms with Gasteiger partial charge in [-0.15, -0.1) is 0 Å². The number of amides is 1. The second-order valence-corrected chi connectivity index (χ2v) is 4.42. The molecule has 0 heterocycles. The van der Waals surface area contributed by atoms with Gasteiger partial charge in [0.15, 0.2) is 0 Å². The Morgan fingerprint density at radius 3 is 2.84 bits per heavy atom. The van der Waals surface area contributed by atoms with Crippen molar-refractivity contribution in [1.82, 2.24) is 5.32 Å². The average Bonchev–Trinajstić information content (AvgIpc) is 2.35. The first-order valence-electron chi connectivity index (χ1n) is 6.48. The summed E-state index contributed by atoms with van der Waals surface area (Å²) in [4.78, 5) is 10.6. The van der Waals surface area contributed by atoms with Crippen molar-refractivity contribution in [2.45, 2.75) is 32.7 Å². The van der Waals surface area contributed by atoms with E-state index in [2.05, 4.69) is 12.2 Å². The Morgan fingerprint density at radius 1 is 1.53 bits per heavy atom. The summed E-state index contributed by atoms with van der Waals surface area (Å²) in [5.74, 6) is -0.340. The van der Waals surface area contributed by atoms with Crippen LogP contribution in [0.5, 0.6) is 5.75 Å². The van der Waals surface area contributed by atoms with E-state index in [1.807, 2.05) is 6.92 Å². The Balaban J connectivity index is 2.60. The van der Waals surface area contributed by atoms with Gasteiger partial charge in [0.05, 0.1) is 13.0 Å². The fraction of sp³-hybridized carbons (Fsp3) is 0.500. The van der Waals surface area contributed by atoms with Gasteiger partial charge in [-0.1, -0.05) is 13.0 Å². The normalized spacial score (nSPS) is 12.2. The molecule has 0 aliphatic carbocycles. The van der Waals surface area contributed by atoms with Crippen LogP contribution in [0.4, 0.5) is 4.39 Å². The maximum absolute atomic E-state index is 13.9. The number of rotatable bonds is 8. The summed E-state index contributed by atoms with van der Waals surface area (Å²) < 4.78 is 19.2. The zero-order valence-corrected chi connectivity index (χ0v) is 11.4. The number of nitrogens with one attached hydrogen (secondary N) is 1. The van der Waals surface area contributed by atoms with Crippen molar-refractivity contribution in [3.8, 4) is 5.75 Å². The predicted octanol–water partition coefficient (Wildman–Crippen LogP) is 2.14. The van der Waals surface area contributed by atoms with Crippen LogP contribution in [0.15, 0.2) is 18.2 Å². The van der Waals surface area contributed by atoms with E-state index in [9.17, 15) is 9.18 Å². The Bertz CT molecular complexity index is 424. The molecule has 1 rings (SSSR count). The van der Waals surface area contributed by atoms with Gasteiger partial charge in [0.2, 0.25) is 5.91 Å². The van der Waals surface area contributed by atoms with Crippen LogP contribution in [0.2, 0.25) is 0 Å². The molecule has 0 saturated carbocycles. The molecule has 0 bridgehead atoms. The summed E-state index contributed by atoms with van der Waals surface area (Å²) in [5.41, 5.74) is 5.60. The van der Waals surface area contributed by atoms with E-state index in [1.54, 1.807) is 12.1 Å². The van der Waals surface area contributed by atoms with Crippen LogP contribution in [-0.4, -0.2) is 19.1 Å². The van der Waals surface area contributed by atoms with E-state index in [4.69, 9.17) is 10.5 Å². The van der Waals surface area contributed by atoms with Crippen LogP contribution in [-0.2, 0) is 4.79 Å². The van der Waals surface area contributed by atoms with Crippen LogP contribution in [0.25, 0.3) is 0 Å². The molecular formula is C14H21FN2O2. The summed E-state index contributed by atoms with van der Waals surface area (Å²) in [7, 11) is 0. The van der Waals surface area contributed by atoms with Crippen LogP contribution < -0.4 is 15.8 Å². The number of carbonyl (C=O) groups is 1. The second-order valence-electron chi connectivity index (χ2n) is 4.42. The zero-order chi connectivity index (χ0) is 14.3. The third kappa shape index (κ3) is 5.26. The minimum Gasteiger partial charge on any atom is -0.493 e. The van der Waals surface area contributed by atoms with Crippen molar-refractivity contribution in [3.63, 3.8) is 0 Å². The molecule has 0 aliphatic rings. The lowest BCUT2D eigenvalue weighted by atomic mass is 10.1. The highest BCUT2D eigenvalue weighted by molar-refractivity contribution is 5.73. The first kappa shape index (κ1) is 15.4. The van der Waals surface area contributed by atoms with Gasteiger partial charge < -0.3 is 15.8 Å². The molecule has 1 aromatic rings. The van der Waals surface area contributed by atoms with Crippen molar-refractivity contribution < 1.29 is 13.9 Å². The van der Waals surface area contributed by atoms with E-state index in [1.165, 1.54) is 6.07 Å². The zero-order valence-electron chi connectivity index (χ0n) is 11.4. The standard InChI is InChI=1S/C14H21FN2O2/c1-3-7-17-10(2)12-5-4-11(9-13(12)15)19-8-6-14(16)18/h4-5,9-10,17H,3,6-8H2,1-2H3,(H2,16,18).